The fourth-order valence-corrected chi connectivity index (χ4v) is 4.10. The van der Waals surface area contributed by atoms with Gasteiger partial charge in [0.05, 0.1) is 32.1 Å². The summed E-state index contributed by atoms with van der Waals surface area (Å²) in [6.45, 7) is -0.401. The minimum absolute atomic E-state index is 0. The molecule has 2 aliphatic rings. The summed E-state index contributed by atoms with van der Waals surface area (Å²) in [5.74, 6) is -1.49. The van der Waals surface area contributed by atoms with Gasteiger partial charge in [-0.05, 0) is 17.7 Å². The van der Waals surface area contributed by atoms with Gasteiger partial charge >= 0.3 is 41.6 Å². The third-order valence-corrected chi connectivity index (χ3v) is 6.11. The van der Waals surface area contributed by atoms with Gasteiger partial charge in [0.25, 0.3) is 5.91 Å². The van der Waals surface area contributed by atoms with Crippen LogP contribution in [0.4, 0.5) is 9.59 Å². The molecule has 16 heteroatoms. The average molecular weight is 526 g/mol. The molecule has 4 rings (SSSR count). The summed E-state index contributed by atoms with van der Waals surface area (Å²) in [6, 6.07) is 7.15. The van der Waals surface area contributed by atoms with Crippen molar-refractivity contribution in [2.75, 3.05) is 19.6 Å². The monoisotopic (exact) mass is 526 g/mol. The molecule has 6 amide bonds. The van der Waals surface area contributed by atoms with Gasteiger partial charge in [-0.25, -0.2) is 32.2 Å². The maximum absolute atomic E-state index is 12.9. The second-order valence-corrected chi connectivity index (χ2v) is 8.79. The summed E-state index contributed by atoms with van der Waals surface area (Å²) < 4.78 is 38.2. The molecule has 2 aliphatic heterocycles. The van der Waals surface area contributed by atoms with Gasteiger partial charge in [-0.15, -0.1) is 0 Å². The van der Waals surface area contributed by atoms with Gasteiger partial charge in [0.2, 0.25) is 5.91 Å². The Kier molecular flexibility index (Phi) is 8.52. The van der Waals surface area contributed by atoms with Gasteiger partial charge in [-0.2, -0.15) is 5.10 Å². The Hall–Kier alpha value is -3.24. The number of nitrogens with one attached hydrogen (secondary N) is 2. The Morgan fingerprint density at radius 1 is 1.14 bits per heavy atom. The molecule has 2 aromatic rings. The number of urea groups is 2. The second kappa shape index (κ2) is 11.2. The number of benzene rings is 1. The molecule has 2 fully saturated rings. The zero-order chi connectivity index (χ0) is 25.2. The molecular weight excluding hydrogens is 507 g/mol. The molecule has 0 saturated carbocycles. The second-order valence-electron chi connectivity index (χ2n) is 7.50. The molecule has 2 saturated heterocycles. The summed E-state index contributed by atoms with van der Waals surface area (Å²) in [5, 5.41) is 9.83. The van der Waals surface area contributed by atoms with Crippen molar-refractivity contribution < 1.29 is 66.1 Å². The molecule has 2 unspecified atom stereocenters. The predicted octanol–water partition coefficient (Wildman–Crippen LogP) is -3.41. The van der Waals surface area contributed by atoms with Crippen molar-refractivity contribution in [1.29, 1.82) is 0 Å². The molecule has 2 N–H and O–H groups in total. The number of hydrazone groups is 1. The topological polar surface area (TPSA) is 185 Å². The first-order chi connectivity index (χ1) is 16.6. The van der Waals surface area contributed by atoms with Crippen molar-refractivity contribution in [3.8, 4) is 0 Å². The van der Waals surface area contributed by atoms with E-state index in [4.69, 9.17) is 4.42 Å². The summed E-state index contributed by atoms with van der Waals surface area (Å²) in [5.41, 5.74) is 0.345. The fourth-order valence-electron chi connectivity index (χ4n) is 3.42. The average Bonchev–Trinajstić information content (AvgIpc) is 3.47. The molecule has 0 radical (unpaired) electrons. The van der Waals surface area contributed by atoms with E-state index in [1.54, 1.807) is 42.5 Å². The smallest absolute Gasteiger partial charge is 0.731 e. The van der Waals surface area contributed by atoms with E-state index in [1.807, 2.05) is 0 Å². The molecule has 14 nitrogen and oxygen atoms in total. The molecule has 36 heavy (non-hydrogen) atoms. The Bertz CT molecular complexity index is 1270. The van der Waals surface area contributed by atoms with Crippen molar-refractivity contribution in [2.24, 2.45) is 5.10 Å². The maximum atomic E-state index is 12.9. The Balaban J connectivity index is 0.00000361. The van der Waals surface area contributed by atoms with Crippen molar-refractivity contribution in [3.05, 3.63) is 60.1 Å². The predicted molar refractivity (Wildman–Crippen MR) is 116 cm³/mol. The Morgan fingerprint density at radius 2 is 1.86 bits per heavy atom. The molecule has 0 aliphatic carbocycles. The number of furan rings is 1. The third kappa shape index (κ3) is 5.93. The van der Waals surface area contributed by atoms with E-state index in [-0.39, 0.29) is 47.0 Å². The largest absolute Gasteiger partial charge is 1.00 e. The molecule has 2 atom stereocenters. The first kappa shape index (κ1) is 27.3. The van der Waals surface area contributed by atoms with Crippen LogP contribution in [-0.2, 0) is 19.9 Å². The zero-order valence-corrected chi connectivity index (χ0v) is 21.8. The number of nitrogens with zero attached hydrogens (tertiary/aromatic N) is 4. The van der Waals surface area contributed by atoms with Crippen LogP contribution in [0.15, 0.2) is 58.2 Å². The van der Waals surface area contributed by atoms with Gasteiger partial charge in [-0.1, -0.05) is 30.3 Å². The van der Waals surface area contributed by atoms with Crippen LogP contribution >= 0.6 is 0 Å². The van der Waals surface area contributed by atoms with Crippen LogP contribution in [0.25, 0.3) is 0 Å². The van der Waals surface area contributed by atoms with Crippen molar-refractivity contribution in [1.82, 2.24) is 24.8 Å². The van der Waals surface area contributed by atoms with Crippen LogP contribution < -0.4 is 40.2 Å². The van der Waals surface area contributed by atoms with Crippen molar-refractivity contribution in [3.63, 3.8) is 0 Å². The third-order valence-electron chi connectivity index (χ3n) is 5.24. The minimum Gasteiger partial charge on any atom is -0.731 e. The minimum atomic E-state index is -4.97. The van der Waals surface area contributed by atoms with Gasteiger partial charge in [0, 0.05) is 0 Å². The standard InChI is InChI=1S/C20H20N6O8S.Na/c27-17(22-15-12-26(18(15)28)35(31,32)33)16(13-5-2-1-3-6-13)23-19(29)24-8-9-25(20(24)30)21-11-14-7-4-10-34-14;/h1-7,10-11,15-16H,8-9,12H2,(H,22,27)(H,23,29)(H,31,32,33);/q;+1/p-1. The molecule has 0 bridgehead atoms. The van der Waals surface area contributed by atoms with Crippen LogP contribution in [0.3, 0.4) is 0 Å². The first-order valence-corrected chi connectivity index (χ1v) is 11.6. The van der Waals surface area contributed by atoms with E-state index in [1.165, 1.54) is 12.5 Å². The first-order valence-electron chi connectivity index (χ1n) is 10.2. The quantitative estimate of drug-likeness (QED) is 0.162. The summed E-state index contributed by atoms with van der Waals surface area (Å²) in [6.07, 6.45) is 2.76. The van der Waals surface area contributed by atoms with Crippen LogP contribution in [-0.4, -0.2) is 83.0 Å². The number of imide groups is 1. The molecule has 184 valence electrons. The number of β-lactam (4-membered cyclic amide) rings is 1. The number of amides is 6. The number of carbonyl (C=O) groups is 4. The van der Waals surface area contributed by atoms with Gasteiger partial charge in [0.15, 0.2) is 10.3 Å². The molecule has 0 spiro atoms. The Morgan fingerprint density at radius 3 is 2.47 bits per heavy atom. The number of hydrogen-bond acceptors (Lipinski definition) is 9. The van der Waals surface area contributed by atoms with E-state index < -0.39 is 52.8 Å². The van der Waals surface area contributed by atoms with Crippen LogP contribution in [0.5, 0.6) is 0 Å². The normalized spacial score (nSPS) is 18.6. The fraction of sp³-hybridized carbons (Fsp3) is 0.250. The zero-order valence-electron chi connectivity index (χ0n) is 18.9. The SMILES string of the molecule is O=C(NC1CN(S(=O)(=O)[O-])C1=O)C(NC(=O)N1CCN(N=Cc2ccco2)C1=O)c1ccccc1.[Na+]. The van der Waals surface area contributed by atoms with E-state index in [0.717, 1.165) is 9.91 Å². The van der Waals surface area contributed by atoms with E-state index >= 15 is 0 Å². The van der Waals surface area contributed by atoms with E-state index in [9.17, 15) is 32.1 Å². The number of hydrogen-bond donors (Lipinski definition) is 2. The summed E-state index contributed by atoms with van der Waals surface area (Å²) >= 11 is 0. The maximum Gasteiger partial charge on any atom is 1.00 e. The number of carbonyl (C=O) groups excluding carboxylic acids is 4. The van der Waals surface area contributed by atoms with Crippen molar-refractivity contribution in [2.45, 2.75) is 12.1 Å². The number of rotatable bonds is 7. The molecular formula is C20H19N6NaO8S. The Labute approximate surface area is 227 Å². The van der Waals surface area contributed by atoms with E-state index in [0.29, 0.717) is 11.3 Å². The van der Waals surface area contributed by atoms with Crippen LogP contribution in [0.2, 0.25) is 0 Å². The van der Waals surface area contributed by atoms with Gasteiger partial charge < -0.3 is 19.6 Å². The van der Waals surface area contributed by atoms with E-state index in [2.05, 4.69) is 15.7 Å². The van der Waals surface area contributed by atoms with Crippen LogP contribution in [0.1, 0.15) is 17.4 Å². The molecule has 1 aromatic heterocycles. The van der Waals surface area contributed by atoms with Crippen LogP contribution in [0, 0.1) is 0 Å². The van der Waals surface area contributed by atoms with Crippen molar-refractivity contribution >= 4 is 40.4 Å². The molecule has 3 heterocycles. The van der Waals surface area contributed by atoms with Gasteiger partial charge in [0.1, 0.15) is 17.8 Å². The van der Waals surface area contributed by atoms with Gasteiger partial charge in [-0.3, -0.25) is 9.59 Å². The summed E-state index contributed by atoms with van der Waals surface area (Å²) in [7, 11) is -4.97. The molecule has 1 aromatic carbocycles. The summed E-state index contributed by atoms with van der Waals surface area (Å²) in [4.78, 5) is 51.2.